The van der Waals surface area contributed by atoms with Crippen LogP contribution in [0.2, 0.25) is 0 Å². The Balaban J connectivity index is 1.73. The lowest BCUT2D eigenvalue weighted by atomic mass is 9.84. The van der Waals surface area contributed by atoms with Gasteiger partial charge in [-0.2, -0.15) is 0 Å². The molecular formula is C16H21N3O. The zero-order chi connectivity index (χ0) is 13.4. The maximum absolute atomic E-state index is 5.50. The highest BCUT2D eigenvalue weighted by molar-refractivity contribution is 5.12. The first-order chi connectivity index (χ1) is 9.87. The van der Waals surface area contributed by atoms with Crippen molar-refractivity contribution in [3.63, 3.8) is 0 Å². The van der Waals surface area contributed by atoms with Crippen molar-refractivity contribution in [3.8, 4) is 0 Å². The number of hydrogen-bond donors (Lipinski definition) is 0. The highest BCUT2D eigenvalue weighted by atomic mass is 16.5. The Hall–Kier alpha value is -1.26. The van der Waals surface area contributed by atoms with Crippen LogP contribution >= 0.6 is 0 Å². The summed E-state index contributed by atoms with van der Waals surface area (Å²) in [7, 11) is 0. The van der Waals surface area contributed by atoms with Crippen molar-refractivity contribution in [1.82, 2.24) is 4.90 Å². The number of hydrogen-bond acceptors (Lipinski definition) is 4. The number of para-hydroxylation sites is 2. The topological polar surface area (TPSA) is 37.2 Å². The normalized spacial score (nSPS) is 28.7. The molecule has 1 unspecified atom stereocenters. The molecular weight excluding hydrogens is 250 g/mol. The first-order valence-corrected chi connectivity index (χ1v) is 7.74. The molecule has 0 N–H and O–H groups in total. The Bertz CT molecular complexity index is 571. The fraction of sp³-hybridized carbons (Fsp3) is 0.625. The second-order valence-electron chi connectivity index (χ2n) is 6.00. The molecule has 2 heterocycles. The van der Waals surface area contributed by atoms with Crippen molar-refractivity contribution in [3.05, 3.63) is 35.0 Å². The van der Waals surface area contributed by atoms with E-state index in [4.69, 9.17) is 14.7 Å². The zero-order valence-electron chi connectivity index (χ0n) is 11.8. The van der Waals surface area contributed by atoms with E-state index in [1.807, 2.05) is 0 Å². The van der Waals surface area contributed by atoms with Gasteiger partial charge in [-0.1, -0.05) is 18.6 Å². The highest BCUT2D eigenvalue weighted by Gasteiger charge is 2.45. The molecule has 2 fully saturated rings. The van der Waals surface area contributed by atoms with E-state index in [1.54, 1.807) is 0 Å². The maximum Gasteiger partial charge on any atom is 0.166 e. The zero-order valence-corrected chi connectivity index (χ0v) is 11.8. The van der Waals surface area contributed by atoms with E-state index >= 15 is 0 Å². The Morgan fingerprint density at radius 2 is 1.75 bits per heavy atom. The second-order valence-corrected chi connectivity index (χ2v) is 6.00. The molecule has 1 aromatic carbocycles. The van der Waals surface area contributed by atoms with Crippen LogP contribution in [0.3, 0.4) is 0 Å². The van der Waals surface area contributed by atoms with Crippen LogP contribution < -0.4 is 10.7 Å². The molecule has 4 heteroatoms. The highest BCUT2D eigenvalue weighted by Crippen LogP contribution is 2.37. The molecule has 0 bridgehead atoms. The van der Waals surface area contributed by atoms with E-state index in [0.29, 0.717) is 6.04 Å². The Labute approximate surface area is 119 Å². The molecule has 3 aliphatic rings. The average Bonchev–Trinajstić information content (AvgIpc) is 2.87. The molecule has 0 radical (unpaired) electrons. The predicted octanol–water partition coefficient (Wildman–Crippen LogP) is 0.910. The monoisotopic (exact) mass is 271 g/mol. The molecule has 1 saturated carbocycles. The fourth-order valence-electron chi connectivity index (χ4n) is 3.84. The van der Waals surface area contributed by atoms with Gasteiger partial charge >= 0.3 is 0 Å². The van der Waals surface area contributed by atoms with E-state index < -0.39 is 0 Å². The summed E-state index contributed by atoms with van der Waals surface area (Å²) < 4.78 is 5.50. The Morgan fingerprint density at radius 1 is 1.05 bits per heavy atom. The number of fused-ring (bicyclic) bond motifs is 1. The van der Waals surface area contributed by atoms with Gasteiger partial charge in [0.25, 0.3) is 0 Å². The second kappa shape index (κ2) is 4.93. The minimum absolute atomic E-state index is 0.223. The number of benzene rings is 1. The lowest BCUT2D eigenvalue weighted by molar-refractivity contribution is -0.0126. The molecule has 4 rings (SSSR count). The van der Waals surface area contributed by atoms with Crippen molar-refractivity contribution < 1.29 is 4.74 Å². The van der Waals surface area contributed by atoms with Crippen LogP contribution in [-0.4, -0.2) is 42.9 Å². The lowest BCUT2D eigenvalue weighted by Gasteiger charge is -2.44. The third-order valence-electron chi connectivity index (χ3n) is 4.80. The van der Waals surface area contributed by atoms with Gasteiger partial charge in [-0.25, -0.2) is 0 Å². The molecule has 0 amide bonds. The summed E-state index contributed by atoms with van der Waals surface area (Å²) in [6.45, 7) is 3.74. The summed E-state index contributed by atoms with van der Waals surface area (Å²) in [6.07, 6.45) is 4.83. The van der Waals surface area contributed by atoms with Crippen LogP contribution in [0.25, 0.3) is 0 Å². The van der Waals surface area contributed by atoms with Crippen LogP contribution in [0.5, 0.6) is 0 Å². The van der Waals surface area contributed by atoms with E-state index in [9.17, 15) is 0 Å². The van der Waals surface area contributed by atoms with Crippen LogP contribution in [0, 0.1) is 0 Å². The Morgan fingerprint density at radius 3 is 2.45 bits per heavy atom. The minimum atomic E-state index is -0.223. The number of rotatable bonds is 1. The molecule has 4 nitrogen and oxygen atoms in total. The maximum atomic E-state index is 5.50. The van der Waals surface area contributed by atoms with Gasteiger partial charge in [0.05, 0.1) is 30.0 Å². The van der Waals surface area contributed by atoms with Crippen molar-refractivity contribution in [1.29, 1.82) is 0 Å². The standard InChI is InChI=1S/C16H21N3O/c1-2-6-14-13(5-1)17-16(18-14)8-4-3-7-15(16)19-9-11-20-12-10-19/h1-2,5-6,15H,3-4,7-12H2. The fourth-order valence-corrected chi connectivity index (χ4v) is 3.84. The molecule has 1 atom stereocenters. The molecule has 106 valence electrons. The molecule has 20 heavy (non-hydrogen) atoms. The summed E-state index contributed by atoms with van der Waals surface area (Å²) in [5, 5.41) is 2.15. The molecule has 1 saturated heterocycles. The minimum Gasteiger partial charge on any atom is -0.379 e. The Kier molecular flexibility index (Phi) is 3.08. The summed E-state index contributed by atoms with van der Waals surface area (Å²) in [6, 6.07) is 8.76. The predicted molar refractivity (Wildman–Crippen MR) is 76.1 cm³/mol. The number of nitrogens with zero attached hydrogens (tertiary/aromatic N) is 3. The van der Waals surface area contributed by atoms with Crippen LogP contribution in [0.1, 0.15) is 25.7 Å². The van der Waals surface area contributed by atoms with Gasteiger partial charge in [-0.05, 0) is 31.4 Å². The molecule has 2 aliphatic heterocycles. The molecule has 1 aliphatic carbocycles. The first-order valence-electron chi connectivity index (χ1n) is 7.74. The molecule has 1 aromatic rings. The molecule has 0 aromatic heterocycles. The van der Waals surface area contributed by atoms with Crippen LogP contribution in [0.4, 0.5) is 0 Å². The lowest BCUT2D eigenvalue weighted by Crippen LogP contribution is -2.55. The largest absolute Gasteiger partial charge is 0.379 e. The van der Waals surface area contributed by atoms with Crippen molar-refractivity contribution >= 4 is 0 Å². The van der Waals surface area contributed by atoms with E-state index in [-0.39, 0.29) is 5.66 Å². The van der Waals surface area contributed by atoms with Crippen LogP contribution in [-0.2, 0) is 4.74 Å². The van der Waals surface area contributed by atoms with Gasteiger partial charge < -0.3 is 4.74 Å². The first kappa shape index (κ1) is 12.5. The van der Waals surface area contributed by atoms with Crippen molar-refractivity contribution in [2.24, 2.45) is 9.98 Å². The quantitative estimate of drug-likeness (QED) is 0.761. The third-order valence-corrected chi connectivity index (χ3v) is 4.80. The third kappa shape index (κ3) is 1.98. The van der Waals surface area contributed by atoms with E-state index in [0.717, 1.165) is 43.4 Å². The van der Waals surface area contributed by atoms with Gasteiger partial charge in [-0.15, -0.1) is 0 Å². The number of morpholine rings is 1. The van der Waals surface area contributed by atoms with Crippen molar-refractivity contribution in [2.75, 3.05) is 26.3 Å². The van der Waals surface area contributed by atoms with Gasteiger partial charge in [-0.3, -0.25) is 14.9 Å². The van der Waals surface area contributed by atoms with Gasteiger partial charge in [0.15, 0.2) is 5.66 Å². The summed E-state index contributed by atoms with van der Waals surface area (Å²) in [4.78, 5) is 12.7. The van der Waals surface area contributed by atoms with E-state index in [2.05, 4.69) is 29.2 Å². The summed E-state index contributed by atoms with van der Waals surface area (Å²) in [5.41, 5.74) is -0.223. The van der Waals surface area contributed by atoms with Gasteiger partial charge in [0, 0.05) is 13.1 Å². The molecule has 1 spiro atoms. The summed E-state index contributed by atoms with van der Waals surface area (Å²) >= 11 is 0. The van der Waals surface area contributed by atoms with E-state index in [1.165, 1.54) is 19.3 Å². The van der Waals surface area contributed by atoms with Gasteiger partial charge in [0.2, 0.25) is 0 Å². The van der Waals surface area contributed by atoms with Crippen molar-refractivity contribution in [2.45, 2.75) is 37.4 Å². The smallest absolute Gasteiger partial charge is 0.166 e. The van der Waals surface area contributed by atoms with Gasteiger partial charge in [0.1, 0.15) is 0 Å². The SMILES string of the molecule is c1ccc2c(c1)=NC1(CCCCC1N1CCOCC1)N=2. The number of ether oxygens (including phenoxy) is 1. The average molecular weight is 271 g/mol. The summed E-state index contributed by atoms with van der Waals surface area (Å²) in [5.74, 6) is 0. The van der Waals surface area contributed by atoms with Crippen LogP contribution in [0.15, 0.2) is 34.3 Å².